The van der Waals surface area contributed by atoms with Crippen LogP contribution >= 0.6 is 0 Å². The molecule has 2 amide bonds. The molecule has 0 aliphatic carbocycles. The largest absolute Gasteiger partial charge is 0.481 e. The van der Waals surface area contributed by atoms with Crippen molar-refractivity contribution in [2.45, 2.75) is 58.9 Å². The van der Waals surface area contributed by atoms with Crippen LogP contribution in [0.4, 0.5) is 5.69 Å². The Balaban J connectivity index is 1.95. The Morgan fingerprint density at radius 1 is 1.19 bits per heavy atom. The molecule has 2 N–H and O–H groups in total. The summed E-state index contributed by atoms with van der Waals surface area (Å²) >= 11 is 0. The lowest BCUT2D eigenvalue weighted by Gasteiger charge is -2.27. The third-order valence-electron chi connectivity index (χ3n) is 4.41. The van der Waals surface area contributed by atoms with Gasteiger partial charge in [-0.25, -0.2) is 0 Å². The smallest absolute Gasteiger partial charge is 0.303 e. The van der Waals surface area contributed by atoms with Crippen LogP contribution in [-0.4, -0.2) is 40.4 Å². The summed E-state index contributed by atoms with van der Waals surface area (Å²) in [5.74, 6) is -0.967. The van der Waals surface area contributed by atoms with E-state index in [0.717, 1.165) is 12.0 Å². The SMILES string of the molecule is CC(C)(C)CC(=O)N1CCCC1C(=O)Nc1ccc(CCC(=O)O)cc1. The fourth-order valence-electron chi connectivity index (χ4n) is 3.12. The number of hydrogen-bond donors (Lipinski definition) is 2. The fourth-order valence-corrected chi connectivity index (χ4v) is 3.12. The van der Waals surface area contributed by atoms with Gasteiger partial charge in [0.25, 0.3) is 0 Å². The number of carboxylic acid groups (broad SMARTS) is 1. The van der Waals surface area contributed by atoms with Crippen LogP contribution < -0.4 is 5.32 Å². The first kappa shape index (κ1) is 19.9. The van der Waals surface area contributed by atoms with Crippen molar-refractivity contribution in [3.05, 3.63) is 29.8 Å². The Labute approximate surface area is 154 Å². The van der Waals surface area contributed by atoms with Crippen molar-refractivity contribution in [2.24, 2.45) is 5.41 Å². The van der Waals surface area contributed by atoms with E-state index in [9.17, 15) is 14.4 Å². The van der Waals surface area contributed by atoms with Gasteiger partial charge in [0.1, 0.15) is 6.04 Å². The van der Waals surface area contributed by atoms with Crippen molar-refractivity contribution in [1.82, 2.24) is 4.90 Å². The maximum Gasteiger partial charge on any atom is 0.303 e. The van der Waals surface area contributed by atoms with Crippen molar-refractivity contribution in [1.29, 1.82) is 0 Å². The third-order valence-corrected chi connectivity index (χ3v) is 4.41. The molecule has 26 heavy (non-hydrogen) atoms. The van der Waals surface area contributed by atoms with Crippen LogP contribution in [0.5, 0.6) is 0 Å². The second-order valence-electron chi connectivity index (χ2n) is 8.06. The molecule has 1 fully saturated rings. The highest BCUT2D eigenvalue weighted by Gasteiger charge is 2.35. The number of likely N-dealkylation sites (tertiary alicyclic amines) is 1. The third kappa shape index (κ3) is 5.86. The van der Waals surface area contributed by atoms with Crippen LogP contribution in [0.25, 0.3) is 0 Å². The topological polar surface area (TPSA) is 86.7 Å². The van der Waals surface area contributed by atoms with Gasteiger partial charge in [-0.2, -0.15) is 0 Å². The Kier molecular flexibility index (Phi) is 6.40. The molecule has 142 valence electrons. The Bertz CT molecular complexity index is 661. The molecule has 6 heteroatoms. The number of nitrogens with zero attached hydrogens (tertiary/aromatic N) is 1. The second-order valence-corrected chi connectivity index (χ2v) is 8.06. The summed E-state index contributed by atoms with van der Waals surface area (Å²) in [6.07, 6.45) is 2.48. The lowest BCUT2D eigenvalue weighted by atomic mass is 9.91. The minimum atomic E-state index is -0.830. The predicted molar refractivity (Wildman–Crippen MR) is 99.8 cm³/mol. The minimum absolute atomic E-state index is 0.0270. The van der Waals surface area contributed by atoms with Gasteiger partial charge >= 0.3 is 5.97 Å². The quantitative estimate of drug-likeness (QED) is 0.816. The molecule has 0 aromatic heterocycles. The normalized spacial score (nSPS) is 17.2. The number of rotatable bonds is 6. The molecular weight excluding hydrogens is 332 g/mol. The molecule has 0 radical (unpaired) electrons. The maximum atomic E-state index is 12.6. The molecule has 1 aliphatic heterocycles. The van der Waals surface area contributed by atoms with E-state index in [2.05, 4.69) is 5.32 Å². The summed E-state index contributed by atoms with van der Waals surface area (Å²) in [5, 5.41) is 11.6. The second kappa shape index (κ2) is 8.34. The Morgan fingerprint density at radius 2 is 1.85 bits per heavy atom. The van der Waals surface area contributed by atoms with Gasteiger partial charge in [0.15, 0.2) is 0 Å². The van der Waals surface area contributed by atoms with Crippen LogP contribution in [0.3, 0.4) is 0 Å². The van der Waals surface area contributed by atoms with Crippen LogP contribution in [0.2, 0.25) is 0 Å². The average Bonchev–Trinajstić information content (AvgIpc) is 3.02. The molecule has 1 saturated heterocycles. The number of anilines is 1. The van der Waals surface area contributed by atoms with Crippen molar-refractivity contribution in [3.8, 4) is 0 Å². The number of amides is 2. The Hall–Kier alpha value is -2.37. The van der Waals surface area contributed by atoms with E-state index in [1.165, 1.54) is 0 Å². The lowest BCUT2D eigenvalue weighted by Crippen LogP contribution is -2.44. The van der Waals surface area contributed by atoms with E-state index in [-0.39, 0.29) is 23.7 Å². The average molecular weight is 360 g/mol. The highest BCUT2D eigenvalue weighted by atomic mass is 16.4. The number of hydrogen-bond acceptors (Lipinski definition) is 3. The molecule has 1 aliphatic rings. The van der Waals surface area contributed by atoms with Gasteiger partial charge in [0, 0.05) is 25.1 Å². The molecule has 1 atom stereocenters. The van der Waals surface area contributed by atoms with Crippen molar-refractivity contribution < 1.29 is 19.5 Å². The zero-order chi connectivity index (χ0) is 19.3. The van der Waals surface area contributed by atoms with Gasteiger partial charge in [0.05, 0.1) is 0 Å². The number of aryl methyl sites for hydroxylation is 1. The highest BCUT2D eigenvalue weighted by molar-refractivity contribution is 5.97. The van der Waals surface area contributed by atoms with Crippen molar-refractivity contribution >= 4 is 23.5 Å². The van der Waals surface area contributed by atoms with Gasteiger partial charge in [-0.15, -0.1) is 0 Å². The van der Waals surface area contributed by atoms with E-state index < -0.39 is 12.0 Å². The number of carboxylic acids is 1. The molecule has 2 rings (SSSR count). The van der Waals surface area contributed by atoms with E-state index in [0.29, 0.717) is 31.5 Å². The van der Waals surface area contributed by atoms with E-state index in [1.807, 2.05) is 32.9 Å². The van der Waals surface area contributed by atoms with Gasteiger partial charge in [-0.05, 0) is 42.4 Å². The fraction of sp³-hybridized carbons (Fsp3) is 0.550. The number of nitrogens with one attached hydrogen (secondary N) is 1. The first-order valence-corrected chi connectivity index (χ1v) is 9.07. The number of carbonyl (C=O) groups is 3. The predicted octanol–water partition coefficient (Wildman–Crippen LogP) is 3.07. The highest BCUT2D eigenvalue weighted by Crippen LogP contribution is 2.25. The summed E-state index contributed by atoms with van der Waals surface area (Å²) in [5.41, 5.74) is 1.46. The molecule has 1 unspecified atom stereocenters. The molecule has 0 spiro atoms. The van der Waals surface area contributed by atoms with Crippen LogP contribution in [0.15, 0.2) is 24.3 Å². The summed E-state index contributed by atoms with van der Waals surface area (Å²) in [4.78, 5) is 37.4. The first-order chi connectivity index (χ1) is 12.2. The maximum absolute atomic E-state index is 12.6. The molecule has 1 heterocycles. The van der Waals surface area contributed by atoms with Crippen LogP contribution in [-0.2, 0) is 20.8 Å². The lowest BCUT2D eigenvalue weighted by molar-refractivity contribution is -0.138. The van der Waals surface area contributed by atoms with Gasteiger partial charge in [-0.3, -0.25) is 14.4 Å². The summed E-state index contributed by atoms with van der Waals surface area (Å²) < 4.78 is 0. The first-order valence-electron chi connectivity index (χ1n) is 9.07. The molecule has 1 aromatic carbocycles. The molecular formula is C20H28N2O4. The summed E-state index contributed by atoms with van der Waals surface area (Å²) in [7, 11) is 0. The van der Waals surface area contributed by atoms with Crippen molar-refractivity contribution in [3.63, 3.8) is 0 Å². The van der Waals surface area contributed by atoms with Gasteiger partial charge in [0.2, 0.25) is 11.8 Å². The number of benzene rings is 1. The molecule has 0 bridgehead atoms. The van der Waals surface area contributed by atoms with E-state index in [1.54, 1.807) is 17.0 Å². The standard InChI is InChI=1S/C20H28N2O4/c1-20(2,3)13-17(23)22-12-4-5-16(22)19(26)21-15-9-6-14(7-10-15)8-11-18(24)25/h6-7,9-10,16H,4-5,8,11-13H2,1-3H3,(H,21,26)(H,24,25). The molecule has 0 saturated carbocycles. The summed E-state index contributed by atoms with van der Waals surface area (Å²) in [6.45, 7) is 6.67. The number of aliphatic carboxylic acids is 1. The van der Waals surface area contributed by atoms with E-state index >= 15 is 0 Å². The monoisotopic (exact) mass is 360 g/mol. The van der Waals surface area contributed by atoms with Crippen LogP contribution in [0, 0.1) is 5.41 Å². The molecule has 1 aromatic rings. The van der Waals surface area contributed by atoms with Gasteiger partial charge in [-0.1, -0.05) is 32.9 Å². The van der Waals surface area contributed by atoms with E-state index in [4.69, 9.17) is 5.11 Å². The zero-order valence-corrected chi connectivity index (χ0v) is 15.7. The number of carbonyl (C=O) groups excluding carboxylic acids is 2. The zero-order valence-electron chi connectivity index (χ0n) is 15.7. The van der Waals surface area contributed by atoms with Crippen molar-refractivity contribution in [2.75, 3.05) is 11.9 Å². The minimum Gasteiger partial charge on any atom is -0.481 e. The Morgan fingerprint density at radius 3 is 2.42 bits per heavy atom. The van der Waals surface area contributed by atoms with Gasteiger partial charge < -0.3 is 15.3 Å². The summed E-state index contributed by atoms with van der Waals surface area (Å²) in [6, 6.07) is 6.75. The molecule has 6 nitrogen and oxygen atoms in total. The van der Waals surface area contributed by atoms with Crippen LogP contribution in [0.1, 0.15) is 52.0 Å².